The van der Waals surface area contributed by atoms with Crippen LogP contribution in [0.3, 0.4) is 0 Å². The highest BCUT2D eigenvalue weighted by atomic mass is 35.5. The van der Waals surface area contributed by atoms with Crippen LogP contribution in [0.1, 0.15) is 71.8 Å². The summed E-state index contributed by atoms with van der Waals surface area (Å²) in [4.78, 5) is 13.8. The number of thiophene rings is 1. The fourth-order valence-corrected chi connectivity index (χ4v) is 5.65. The zero-order chi connectivity index (χ0) is 20.2. The van der Waals surface area contributed by atoms with Crippen molar-refractivity contribution in [2.45, 2.75) is 63.1 Å². The lowest BCUT2D eigenvalue weighted by atomic mass is 9.96. The summed E-state index contributed by atoms with van der Waals surface area (Å²) in [5, 5.41) is 10.3. The molecule has 1 aliphatic heterocycles. The van der Waals surface area contributed by atoms with Crippen molar-refractivity contribution in [3.63, 3.8) is 0 Å². The van der Waals surface area contributed by atoms with Gasteiger partial charge in [-0.05, 0) is 87.9 Å². The van der Waals surface area contributed by atoms with E-state index >= 15 is 0 Å². The van der Waals surface area contributed by atoms with E-state index in [1.807, 2.05) is 18.2 Å². The fourth-order valence-electron chi connectivity index (χ4n) is 4.57. The highest BCUT2D eigenvalue weighted by Gasteiger charge is 2.27. The Balaban J connectivity index is 1.29. The smallest absolute Gasteiger partial charge is 0.251 e. The molecule has 6 heteroatoms. The van der Waals surface area contributed by atoms with Crippen molar-refractivity contribution < 1.29 is 4.79 Å². The molecule has 1 aromatic carbocycles. The summed E-state index contributed by atoms with van der Waals surface area (Å²) in [5.74, 6) is 0.617. The van der Waals surface area contributed by atoms with Crippen molar-refractivity contribution in [2.24, 2.45) is 0 Å². The SMILES string of the molecule is C[C@@H](N[C@H]1CCC(c2ccc(C(=O)NC3CCNCC3)cc2)C1)c1ccc(Cl)s1. The molecule has 1 amide bonds. The van der Waals surface area contributed by atoms with Crippen LogP contribution in [-0.2, 0) is 0 Å². The van der Waals surface area contributed by atoms with Crippen LogP contribution in [0.5, 0.6) is 0 Å². The Bertz CT molecular complexity index is 816. The van der Waals surface area contributed by atoms with E-state index in [1.165, 1.54) is 23.3 Å². The van der Waals surface area contributed by atoms with Crippen LogP contribution in [0.2, 0.25) is 4.34 Å². The number of amides is 1. The van der Waals surface area contributed by atoms with Gasteiger partial charge in [0.2, 0.25) is 0 Å². The van der Waals surface area contributed by atoms with Crippen LogP contribution >= 0.6 is 22.9 Å². The van der Waals surface area contributed by atoms with Gasteiger partial charge >= 0.3 is 0 Å². The molecule has 4 rings (SSSR count). The standard InChI is InChI=1S/C23H30ClN3OS/c1-15(21-8-9-22(24)29-21)26-20-7-6-18(14-20)16-2-4-17(5-3-16)23(28)27-19-10-12-25-13-11-19/h2-5,8-9,15,18-20,25-26H,6-7,10-14H2,1H3,(H,27,28)/t15-,18?,20+/m1/s1. The third kappa shape index (κ3) is 5.40. The zero-order valence-corrected chi connectivity index (χ0v) is 18.5. The van der Waals surface area contributed by atoms with Gasteiger partial charge in [0, 0.05) is 28.6 Å². The zero-order valence-electron chi connectivity index (χ0n) is 16.9. The maximum atomic E-state index is 12.5. The molecule has 0 radical (unpaired) electrons. The molecule has 4 nitrogen and oxygen atoms in total. The van der Waals surface area contributed by atoms with Gasteiger partial charge < -0.3 is 16.0 Å². The van der Waals surface area contributed by atoms with E-state index in [4.69, 9.17) is 11.6 Å². The van der Waals surface area contributed by atoms with Gasteiger partial charge in [0.25, 0.3) is 5.91 Å². The number of benzene rings is 1. The molecule has 2 aliphatic rings. The second-order valence-electron chi connectivity index (χ2n) is 8.36. The molecule has 0 bridgehead atoms. The molecule has 0 spiro atoms. The number of halogens is 1. The van der Waals surface area contributed by atoms with Crippen molar-refractivity contribution in [2.75, 3.05) is 13.1 Å². The number of hydrogen-bond acceptors (Lipinski definition) is 4. The Morgan fingerprint density at radius 1 is 1.07 bits per heavy atom. The summed E-state index contributed by atoms with van der Waals surface area (Å²) in [7, 11) is 0. The maximum absolute atomic E-state index is 12.5. The lowest BCUT2D eigenvalue weighted by molar-refractivity contribution is 0.0929. The Morgan fingerprint density at radius 3 is 2.52 bits per heavy atom. The third-order valence-electron chi connectivity index (χ3n) is 6.26. The van der Waals surface area contributed by atoms with Crippen molar-refractivity contribution in [1.29, 1.82) is 0 Å². The molecule has 1 aromatic heterocycles. The van der Waals surface area contributed by atoms with Gasteiger partial charge in [-0.1, -0.05) is 23.7 Å². The van der Waals surface area contributed by atoms with Crippen molar-refractivity contribution in [3.05, 3.63) is 56.7 Å². The van der Waals surface area contributed by atoms with Gasteiger partial charge in [0.1, 0.15) is 0 Å². The van der Waals surface area contributed by atoms with Crippen LogP contribution < -0.4 is 16.0 Å². The predicted molar refractivity (Wildman–Crippen MR) is 121 cm³/mol. The molecule has 2 fully saturated rings. The largest absolute Gasteiger partial charge is 0.349 e. The van der Waals surface area contributed by atoms with E-state index in [0.29, 0.717) is 24.0 Å². The van der Waals surface area contributed by atoms with E-state index in [-0.39, 0.29) is 5.91 Å². The summed E-state index contributed by atoms with van der Waals surface area (Å²) in [6, 6.07) is 13.5. The minimum Gasteiger partial charge on any atom is -0.349 e. The summed E-state index contributed by atoms with van der Waals surface area (Å²) >= 11 is 7.73. The summed E-state index contributed by atoms with van der Waals surface area (Å²) in [5.41, 5.74) is 2.11. The van der Waals surface area contributed by atoms with E-state index < -0.39 is 0 Å². The quantitative estimate of drug-likeness (QED) is 0.611. The van der Waals surface area contributed by atoms with Crippen molar-refractivity contribution in [1.82, 2.24) is 16.0 Å². The second-order valence-corrected chi connectivity index (χ2v) is 10.1. The first kappa shape index (κ1) is 20.9. The molecule has 1 saturated carbocycles. The van der Waals surface area contributed by atoms with Gasteiger partial charge in [-0.2, -0.15) is 0 Å². The van der Waals surface area contributed by atoms with Crippen LogP contribution in [0, 0.1) is 0 Å². The molecule has 3 atom stereocenters. The first-order valence-electron chi connectivity index (χ1n) is 10.7. The number of piperidine rings is 1. The Morgan fingerprint density at radius 2 is 1.83 bits per heavy atom. The van der Waals surface area contributed by atoms with Crippen molar-refractivity contribution in [3.8, 4) is 0 Å². The average Bonchev–Trinajstić information content (AvgIpc) is 3.38. The molecule has 1 unspecified atom stereocenters. The lowest BCUT2D eigenvalue weighted by Gasteiger charge is -2.23. The first-order valence-corrected chi connectivity index (χ1v) is 11.9. The number of carbonyl (C=O) groups excluding carboxylic acids is 1. The normalized spacial score (nSPS) is 23.8. The van der Waals surface area contributed by atoms with Gasteiger partial charge in [0.15, 0.2) is 0 Å². The molecule has 3 N–H and O–H groups in total. The summed E-state index contributed by atoms with van der Waals surface area (Å²) < 4.78 is 0.849. The number of nitrogens with one attached hydrogen (secondary N) is 3. The molecule has 1 aliphatic carbocycles. The Hall–Kier alpha value is -1.40. The van der Waals surface area contributed by atoms with Crippen LogP contribution in [0.4, 0.5) is 0 Å². The minimum absolute atomic E-state index is 0.0536. The number of rotatable bonds is 6. The summed E-state index contributed by atoms with van der Waals surface area (Å²) in [6.45, 7) is 4.18. The first-order chi connectivity index (χ1) is 14.1. The van der Waals surface area contributed by atoms with Crippen LogP contribution in [-0.4, -0.2) is 31.1 Å². The van der Waals surface area contributed by atoms with E-state index in [0.717, 1.165) is 42.3 Å². The van der Waals surface area contributed by atoms with E-state index in [9.17, 15) is 4.79 Å². The fraction of sp³-hybridized carbons (Fsp3) is 0.522. The molecular formula is C23H30ClN3OS. The van der Waals surface area contributed by atoms with Gasteiger partial charge in [-0.3, -0.25) is 4.79 Å². The van der Waals surface area contributed by atoms with Gasteiger partial charge in [0.05, 0.1) is 4.34 Å². The lowest BCUT2D eigenvalue weighted by Crippen LogP contribution is -2.42. The van der Waals surface area contributed by atoms with Crippen LogP contribution in [0.25, 0.3) is 0 Å². The predicted octanol–water partition coefficient (Wildman–Crippen LogP) is 4.87. The monoisotopic (exact) mass is 431 g/mol. The second kappa shape index (κ2) is 9.61. The van der Waals surface area contributed by atoms with E-state index in [2.05, 4.69) is 41.1 Å². The third-order valence-corrected chi connectivity index (χ3v) is 7.67. The van der Waals surface area contributed by atoms with Crippen LogP contribution in [0.15, 0.2) is 36.4 Å². The van der Waals surface area contributed by atoms with Gasteiger partial charge in [-0.25, -0.2) is 0 Å². The number of hydrogen-bond donors (Lipinski definition) is 3. The molecule has 156 valence electrons. The highest BCUT2D eigenvalue weighted by Crippen LogP contribution is 2.36. The average molecular weight is 432 g/mol. The Kier molecular flexibility index (Phi) is 6.91. The Labute approximate surface area is 182 Å². The van der Waals surface area contributed by atoms with E-state index in [1.54, 1.807) is 11.3 Å². The molecule has 2 aromatic rings. The minimum atomic E-state index is 0.0536. The van der Waals surface area contributed by atoms with Gasteiger partial charge in [-0.15, -0.1) is 11.3 Å². The molecule has 1 saturated heterocycles. The summed E-state index contributed by atoms with van der Waals surface area (Å²) in [6.07, 6.45) is 5.54. The molecular weight excluding hydrogens is 402 g/mol. The topological polar surface area (TPSA) is 53.2 Å². The number of carbonyl (C=O) groups is 1. The van der Waals surface area contributed by atoms with Crippen molar-refractivity contribution >= 4 is 28.8 Å². The highest BCUT2D eigenvalue weighted by molar-refractivity contribution is 7.16. The maximum Gasteiger partial charge on any atom is 0.251 e. The molecule has 29 heavy (non-hydrogen) atoms. The molecule has 2 heterocycles.